The molecule has 2 aromatic rings. The fraction of sp³-hybridized carbons (Fsp3) is 0.618. The predicted molar refractivity (Wildman–Crippen MR) is 172 cm³/mol. The zero-order valence-electron chi connectivity index (χ0n) is 28.3. The number of halogens is 1. The van der Waals surface area contributed by atoms with Gasteiger partial charge in [0.25, 0.3) is 5.79 Å². The molecule has 10 nitrogen and oxygen atoms in total. The van der Waals surface area contributed by atoms with Crippen LogP contribution in [-0.4, -0.2) is 45.9 Å². The zero-order chi connectivity index (χ0) is 34.4. The van der Waals surface area contributed by atoms with Crippen molar-refractivity contribution in [3.8, 4) is 11.5 Å². The highest BCUT2D eigenvalue weighted by Gasteiger charge is 2.43. The average Bonchev–Trinajstić information content (AvgIpc) is 3.24. The number of rotatable bonds is 11. The van der Waals surface area contributed by atoms with Crippen molar-refractivity contribution in [2.45, 2.75) is 112 Å². The Morgan fingerprint density at radius 2 is 1.50 bits per heavy atom. The molecule has 1 aliphatic carbocycles. The van der Waals surface area contributed by atoms with Gasteiger partial charge in [-0.2, -0.15) is 0 Å². The first-order chi connectivity index (χ1) is 21.3. The van der Waals surface area contributed by atoms with Gasteiger partial charge in [0.15, 0.2) is 24.8 Å². The van der Waals surface area contributed by atoms with Crippen LogP contribution in [0, 0.1) is 30.5 Å². The molecule has 1 unspecified atom stereocenters. The maximum atomic E-state index is 16.1. The van der Waals surface area contributed by atoms with Crippen LogP contribution < -0.4 is 4.74 Å². The highest BCUT2D eigenvalue weighted by Crippen LogP contribution is 2.38. The Morgan fingerprint density at radius 1 is 0.957 bits per heavy atom. The third-order valence-corrected chi connectivity index (χ3v) is 8.57. The largest absolute Gasteiger partial charge is 0.506 e. The lowest BCUT2D eigenvalue weighted by Gasteiger charge is -2.34. The summed E-state index contributed by atoms with van der Waals surface area (Å²) in [5.41, 5.74) is 0.971. The zero-order valence-corrected chi connectivity index (χ0v) is 29.3. The van der Waals surface area contributed by atoms with Gasteiger partial charge in [0.05, 0.1) is 16.5 Å². The van der Waals surface area contributed by atoms with Gasteiger partial charge in [-0.3, -0.25) is 23.7 Å². The van der Waals surface area contributed by atoms with Gasteiger partial charge in [-0.1, -0.05) is 25.7 Å². The Hall–Kier alpha value is -3.01. The van der Waals surface area contributed by atoms with Crippen LogP contribution in [0.1, 0.15) is 114 Å². The molecule has 256 valence electrons. The van der Waals surface area contributed by atoms with E-state index in [4.69, 9.17) is 23.7 Å². The Balaban J connectivity index is 1.98. The highest BCUT2D eigenvalue weighted by atomic mass is 31.1. The van der Waals surface area contributed by atoms with Crippen molar-refractivity contribution in [2.75, 3.05) is 13.2 Å². The number of aryl methyl sites for hydroxylation is 1. The van der Waals surface area contributed by atoms with Crippen LogP contribution in [0.2, 0.25) is 0 Å². The third-order valence-electron chi connectivity index (χ3n) is 8.02. The van der Waals surface area contributed by atoms with E-state index in [1.165, 1.54) is 18.9 Å². The van der Waals surface area contributed by atoms with Crippen LogP contribution in [-0.2, 0) is 34.6 Å². The van der Waals surface area contributed by atoms with Gasteiger partial charge in [0.2, 0.25) is 0 Å². The standard InChI is InChI=1S/C34H49FNO9P/c1-21-17-27(44-34(45-46(40)41,19-42-30(38)32(3,4)5)20-43-31(39)33(6,7)8)28(35)22(2)25(21)18-24-15-16-26(37)29(36-24)23-13-11-9-10-12-14-23/h15-17,23,37,46H,9-14,18-20H2,1-8H3,(H,40,41). The van der Waals surface area contributed by atoms with Crippen LogP contribution >= 0.6 is 8.25 Å². The molecule has 1 aromatic heterocycles. The monoisotopic (exact) mass is 665 g/mol. The summed E-state index contributed by atoms with van der Waals surface area (Å²) in [5.74, 6) is -4.49. The molecule has 1 saturated carbocycles. The number of pyridine rings is 1. The van der Waals surface area contributed by atoms with Crippen molar-refractivity contribution in [2.24, 2.45) is 10.8 Å². The summed E-state index contributed by atoms with van der Waals surface area (Å²) >= 11 is 0. The van der Waals surface area contributed by atoms with Gasteiger partial charge in [-0.05, 0) is 103 Å². The second-order valence-electron chi connectivity index (χ2n) is 14.2. The van der Waals surface area contributed by atoms with E-state index < -0.39 is 55.8 Å². The topological polar surface area (TPSA) is 141 Å². The van der Waals surface area contributed by atoms with E-state index in [2.05, 4.69) is 0 Å². The van der Waals surface area contributed by atoms with E-state index in [1.54, 1.807) is 67.5 Å². The molecule has 0 aliphatic heterocycles. The summed E-state index contributed by atoms with van der Waals surface area (Å²) in [6.07, 6.45) is 6.72. The first kappa shape index (κ1) is 37.4. The quantitative estimate of drug-likeness (QED) is 0.109. The van der Waals surface area contributed by atoms with Crippen LogP contribution in [0.15, 0.2) is 18.2 Å². The van der Waals surface area contributed by atoms with Gasteiger partial charge in [0, 0.05) is 18.0 Å². The van der Waals surface area contributed by atoms with Crippen LogP contribution in [0.4, 0.5) is 4.39 Å². The van der Waals surface area contributed by atoms with Crippen LogP contribution in [0.25, 0.3) is 0 Å². The number of aromatic nitrogens is 1. The number of carbonyl (C=O) groups is 2. The second kappa shape index (κ2) is 15.3. The van der Waals surface area contributed by atoms with E-state index in [0.29, 0.717) is 22.5 Å². The number of ether oxygens (including phenoxy) is 3. The smallest absolute Gasteiger partial charge is 0.320 e. The molecule has 0 radical (unpaired) electrons. The SMILES string of the molecule is Cc1cc(OC(COC(=O)C(C)(C)C)(COC(=O)C(C)(C)C)O[PH](=O)O)c(F)c(C)c1Cc1ccc(O)c(C2CCCCCC2)n1. The summed E-state index contributed by atoms with van der Waals surface area (Å²) in [6, 6.07) is 4.78. The predicted octanol–water partition coefficient (Wildman–Crippen LogP) is 7.22. The summed E-state index contributed by atoms with van der Waals surface area (Å²) in [5, 5.41) is 10.6. The minimum Gasteiger partial charge on any atom is -0.506 e. The van der Waals surface area contributed by atoms with Crippen molar-refractivity contribution in [3.05, 3.63) is 52.1 Å². The molecule has 1 aromatic carbocycles. The molecule has 1 heterocycles. The lowest BCUT2D eigenvalue weighted by molar-refractivity contribution is -0.207. The number of esters is 2. The molecule has 3 rings (SSSR count). The van der Waals surface area contributed by atoms with Crippen molar-refractivity contribution in [1.29, 1.82) is 0 Å². The molecular formula is C34H49FNO9P. The molecule has 1 aliphatic rings. The Morgan fingerprint density at radius 3 is 2.00 bits per heavy atom. The Bertz CT molecular complexity index is 1390. The van der Waals surface area contributed by atoms with E-state index in [0.717, 1.165) is 25.7 Å². The van der Waals surface area contributed by atoms with Crippen molar-refractivity contribution in [3.63, 3.8) is 0 Å². The van der Waals surface area contributed by atoms with Gasteiger partial charge < -0.3 is 24.2 Å². The van der Waals surface area contributed by atoms with Crippen LogP contribution in [0.5, 0.6) is 11.5 Å². The van der Waals surface area contributed by atoms with Gasteiger partial charge in [-0.25, -0.2) is 4.39 Å². The maximum absolute atomic E-state index is 16.1. The van der Waals surface area contributed by atoms with Crippen molar-refractivity contribution in [1.82, 2.24) is 4.98 Å². The van der Waals surface area contributed by atoms with E-state index in [1.807, 2.05) is 0 Å². The van der Waals surface area contributed by atoms with E-state index in [-0.39, 0.29) is 29.4 Å². The van der Waals surface area contributed by atoms with Gasteiger partial charge in [0.1, 0.15) is 5.75 Å². The molecule has 1 atom stereocenters. The summed E-state index contributed by atoms with van der Waals surface area (Å²) in [6.45, 7) is 11.5. The Kier molecular flexibility index (Phi) is 12.4. The molecule has 0 saturated heterocycles. The lowest BCUT2D eigenvalue weighted by Crippen LogP contribution is -2.49. The van der Waals surface area contributed by atoms with E-state index in [9.17, 15) is 24.2 Å². The maximum Gasteiger partial charge on any atom is 0.320 e. The summed E-state index contributed by atoms with van der Waals surface area (Å²) in [7, 11) is -3.78. The number of hydrogen-bond acceptors (Lipinski definition) is 9. The molecule has 1 fully saturated rings. The molecule has 46 heavy (non-hydrogen) atoms. The number of carbonyl (C=O) groups excluding carboxylic acids is 2. The minimum absolute atomic E-state index is 0.165. The van der Waals surface area contributed by atoms with Gasteiger partial charge in [-0.15, -0.1) is 0 Å². The number of hydrogen-bond donors (Lipinski definition) is 2. The molecule has 2 N–H and O–H groups in total. The first-order valence-corrected chi connectivity index (χ1v) is 17.0. The minimum atomic E-state index is -3.78. The van der Waals surface area contributed by atoms with Crippen molar-refractivity contribution >= 4 is 20.2 Å². The highest BCUT2D eigenvalue weighted by molar-refractivity contribution is 7.32. The molecule has 12 heteroatoms. The molecule has 0 bridgehead atoms. The average molecular weight is 666 g/mol. The molecular weight excluding hydrogens is 616 g/mol. The normalized spacial score (nSPS) is 15.6. The number of nitrogens with zero attached hydrogens (tertiary/aromatic N) is 1. The Labute approximate surface area is 272 Å². The third kappa shape index (κ3) is 9.99. The number of aromatic hydroxyl groups is 1. The summed E-state index contributed by atoms with van der Waals surface area (Å²) < 4.78 is 50.0. The van der Waals surface area contributed by atoms with Crippen molar-refractivity contribution < 1.29 is 47.3 Å². The fourth-order valence-corrected chi connectivity index (χ4v) is 5.75. The van der Waals surface area contributed by atoms with E-state index >= 15 is 4.39 Å². The first-order valence-electron chi connectivity index (χ1n) is 15.8. The fourth-order valence-electron chi connectivity index (χ4n) is 5.27. The second-order valence-corrected chi connectivity index (χ2v) is 15.0. The number of benzene rings is 1. The molecule has 0 amide bonds. The lowest BCUT2D eigenvalue weighted by atomic mass is 9.94. The molecule has 0 spiro atoms. The summed E-state index contributed by atoms with van der Waals surface area (Å²) in [4.78, 5) is 39.9. The van der Waals surface area contributed by atoms with Gasteiger partial charge >= 0.3 is 20.2 Å². The van der Waals surface area contributed by atoms with Crippen LogP contribution in [0.3, 0.4) is 0 Å².